The summed E-state index contributed by atoms with van der Waals surface area (Å²) in [4.78, 5) is 14.7. The molecule has 1 amide bonds. The summed E-state index contributed by atoms with van der Waals surface area (Å²) >= 11 is 0. The maximum atomic E-state index is 12.9. The molecule has 2 unspecified atom stereocenters. The molecule has 2 bridgehead atoms. The number of aliphatic hydroxyl groups is 1. The van der Waals surface area contributed by atoms with Crippen LogP contribution in [0.2, 0.25) is 0 Å². The van der Waals surface area contributed by atoms with E-state index < -0.39 is 11.2 Å². The molecule has 0 saturated carbocycles. The predicted octanol–water partition coefficient (Wildman–Crippen LogP) is 4.98. The molecule has 5 nitrogen and oxygen atoms in total. The van der Waals surface area contributed by atoms with Gasteiger partial charge in [0.1, 0.15) is 5.60 Å². The number of benzene rings is 2. The molecule has 32 heavy (non-hydrogen) atoms. The van der Waals surface area contributed by atoms with E-state index in [0.29, 0.717) is 26.1 Å². The van der Waals surface area contributed by atoms with Crippen LogP contribution < -0.4 is 0 Å². The first-order valence-corrected chi connectivity index (χ1v) is 11.6. The number of carbonyl (C=O) groups is 1. The maximum absolute atomic E-state index is 12.9. The number of fused-ring (bicyclic) bond motifs is 5. The van der Waals surface area contributed by atoms with Gasteiger partial charge in [-0.25, -0.2) is 4.79 Å². The lowest BCUT2D eigenvalue weighted by Crippen LogP contribution is -2.63. The monoisotopic (exact) mass is 435 g/mol. The summed E-state index contributed by atoms with van der Waals surface area (Å²) in [5.41, 5.74) is 4.35. The van der Waals surface area contributed by atoms with Crippen molar-refractivity contribution in [1.29, 1.82) is 0 Å². The fraction of sp³-hybridized carbons (Fsp3) is 0.519. The van der Waals surface area contributed by atoms with Crippen LogP contribution in [0, 0.1) is 0 Å². The van der Waals surface area contributed by atoms with Crippen LogP contribution in [0.15, 0.2) is 42.5 Å². The van der Waals surface area contributed by atoms with Crippen molar-refractivity contribution in [3.8, 4) is 11.1 Å². The number of rotatable bonds is 1. The molecule has 5 heteroatoms. The molecular weight excluding hydrogens is 402 g/mol. The molecule has 2 aliphatic heterocycles. The number of ether oxygens (including phenoxy) is 2. The molecule has 2 fully saturated rings. The van der Waals surface area contributed by atoms with Crippen LogP contribution in [0.5, 0.6) is 0 Å². The maximum Gasteiger partial charge on any atom is 0.410 e. The molecule has 170 valence electrons. The van der Waals surface area contributed by atoms with Crippen LogP contribution in [0.1, 0.15) is 64.2 Å². The molecule has 2 saturated heterocycles. The Labute approximate surface area is 190 Å². The fourth-order valence-corrected chi connectivity index (χ4v) is 5.82. The zero-order valence-corrected chi connectivity index (χ0v) is 19.6. The van der Waals surface area contributed by atoms with Gasteiger partial charge in [-0.2, -0.15) is 0 Å². The molecule has 1 aliphatic carbocycles. The summed E-state index contributed by atoms with van der Waals surface area (Å²) in [7, 11) is 0. The number of carbonyl (C=O) groups excluding carboxylic acids is 1. The van der Waals surface area contributed by atoms with Gasteiger partial charge in [0, 0.05) is 18.3 Å². The first-order chi connectivity index (χ1) is 15.0. The van der Waals surface area contributed by atoms with E-state index in [9.17, 15) is 9.90 Å². The predicted molar refractivity (Wildman–Crippen MR) is 124 cm³/mol. The normalized spacial score (nSPS) is 28.1. The molecule has 1 N–H and O–H groups in total. The van der Waals surface area contributed by atoms with Crippen molar-refractivity contribution in [1.82, 2.24) is 4.90 Å². The van der Waals surface area contributed by atoms with Crippen molar-refractivity contribution in [2.75, 3.05) is 13.2 Å². The van der Waals surface area contributed by atoms with Gasteiger partial charge in [-0.1, -0.05) is 56.3 Å². The minimum Gasteiger partial charge on any atom is -0.444 e. The minimum atomic E-state index is -1.00. The first kappa shape index (κ1) is 21.5. The molecule has 5 rings (SSSR count). The number of nitrogens with zero attached hydrogens (tertiary/aromatic N) is 1. The van der Waals surface area contributed by atoms with Crippen molar-refractivity contribution in [3.05, 3.63) is 59.2 Å². The molecule has 2 atom stereocenters. The smallest absolute Gasteiger partial charge is 0.410 e. The zero-order chi connectivity index (χ0) is 22.9. The van der Waals surface area contributed by atoms with Crippen molar-refractivity contribution in [2.24, 2.45) is 0 Å². The zero-order valence-electron chi connectivity index (χ0n) is 19.6. The molecule has 3 aliphatic rings. The molecular formula is C27H33NO4. The number of piperidine rings is 1. The standard InChI is InChI=1S/C27H33NO4/c1-25(2,3)32-24(29)28-18-13-27(30,14-19(28)16-31-15-18)17-10-11-21-20-8-6-7-9-22(20)26(4,5)23(21)12-17/h6-12,18-19,30H,13-16H2,1-5H3. The Hall–Kier alpha value is -2.37. The Bertz CT molecular complexity index is 1050. The second-order valence-electron chi connectivity index (χ2n) is 11.1. The second kappa shape index (κ2) is 7.06. The van der Waals surface area contributed by atoms with E-state index in [2.05, 4.69) is 56.3 Å². The van der Waals surface area contributed by atoms with Gasteiger partial charge in [-0.3, -0.25) is 4.90 Å². The summed E-state index contributed by atoms with van der Waals surface area (Å²) in [6.07, 6.45) is 0.562. The average Bonchev–Trinajstić information content (AvgIpc) is 2.93. The summed E-state index contributed by atoms with van der Waals surface area (Å²) in [5.74, 6) is 0. The Morgan fingerprint density at radius 1 is 1.03 bits per heavy atom. The van der Waals surface area contributed by atoms with E-state index in [-0.39, 0.29) is 23.6 Å². The molecule has 0 spiro atoms. The van der Waals surface area contributed by atoms with Crippen molar-refractivity contribution < 1.29 is 19.4 Å². The van der Waals surface area contributed by atoms with Crippen LogP contribution in [0.4, 0.5) is 4.79 Å². The Kier molecular flexibility index (Phi) is 4.74. The Morgan fingerprint density at radius 2 is 1.66 bits per heavy atom. The van der Waals surface area contributed by atoms with Gasteiger partial charge >= 0.3 is 6.09 Å². The summed E-state index contributed by atoms with van der Waals surface area (Å²) < 4.78 is 11.4. The highest BCUT2D eigenvalue weighted by molar-refractivity contribution is 5.81. The van der Waals surface area contributed by atoms with E-state index in [0.717, 1.165) is 5.56 Å². The Morgan fingerprint density at radius 3 is 2.31 bits per heavy atom. The highest BCUT2D eigenvalue weighted by Crippen LogP contribution is 2.50. The third-order valence-electron chi connectivity index (χ3n) is 7.28. The highest BCUT2D eigenvalue weighted by atomic mass is 16.6. The molecule has 2 aromatic rings. The summed E-state index contributed by atoms with van der Waals surface area (Å²) in [6, 6.07) is 14.5. The molecule has 2 heterocycles. The highest BCUT2D eigenvalue weighted by Gasteiger charge is 2.50. The van der Waals surface area contributed by atoms with Gasteiger partial charge in [0.25, 0.3) is 0 Å². The molecule has 0 radical (unpaired) electrons. The van der Waals surface area contributed by atoms with Crippen LogP contribution in [-0.4, -0.2) is 47.0 Å². The van der Waals surface area contributed by atoms with Crippen LogP contribution in [-0.2, 0) is 20.5 Å². The third-order valence-corrected chi connectivity index (χ3v) is 7.28. The number of amides is 1. The topological polar surface area (TPSA) is 59.0 Å². The van der Waals surface area contributed by atoms with Crippen molar-refractivity contribution >= 4 is 6.09 Å². The summed E-state index contributed by atoms with van der Waals surface area (Å²) in [6.45, 7) is 11.0. The molecule has 2 aromatic carbocycles. The van der Waals surface area contributed by atoms with E-state index >= 15 is 0 Å². The van der Waals surface area contributed by atoms with Crippen molar-refractivity contribution in [3.63, 3.8) is 0 Å². The lowest BCUT2D eigenvalue weighted by molar-refractivity contribution is -0.141. The lowest BCUT2D eigenvalue weighted by atomic mass is 9.75. The summed E-state index contributed by atoms with van der Waals surface area (Å²) in [5, 5.41) is 11.9. The lowest BCUT2D eigenvalue weighted by Gasteiger charge is -2.51. The van der Waals surface area contributed by atoms with Crippen LogP contribution >= 0.6 is 0 Å². The van der Waals surface area contributed by atoms with Crippen LogP contribution in [0.25, 0.3) is 11.1 Å². The van der Waals surface area contributed by atoms with Gasteiger partial charge in [-0.15, -0.1) is 0 Å². The van der Waals surface area contributed by atoms with Gasteiger partial charge in [0.2, 0.25) is 0 Å². The second-order valence-corrected chi connectivity index (χ2v) is 11.1. The van der Waals surface area contributed by atoms with Gasteiger partial charge in [-0.05, 0) is 48.6 Å². The number of hydrogen-bond donors (Lipinski definition) is 1. The fourth-order valence-electron chi connectivity index (χ4n) is 5.82. The quantitative estimate of drug-likeness (QED) is 0.686. The Balaban J connectivity index is 1.47. The van der Waals surface area contributed by atoms with E-state index in [4.69, 9.17) is 9.47 Å². The molecule has 0 aromatic heterocycles. The number of morpholine rings is 1. The van der Waals surface area contributed by atoms with E-state index in [1.54, 1.807) is 4.90 Å². The van der Waals surface area contributed by atoms with E-state index in [1.807, 2.05) is 20.8 Å². The largest absolute Gasteiger partial charge is 0.444 e. The SMILES string of the molecule is CC(C)(C)OC(=O)N1C2COCC1CC(O)(c1ccc3c(c1)C(C)(C)c1ccccc1-3)C2. The van der Waals surface area contributed by atoms with Gasteiger partial charge < -0.3 is 14.6 Å². The minimum absolute atomic E-state index is 0.117. The van der Waals surface area contributed by atoms with Crippen molar-refractivity contribution in [2.45, 2.75) is 76.2 Å². The number of hydrogen-bond acceptors (Lipinski definition) is 4. The first-order valence-electron chi connectivity index (χ1n) is 11.6. The van der Waals surface area contributed by atoms with Crippen LogP contribution in [0.3, 0.4) is 0 Å². The average molecular weight is 436 g/mol. The van der Waals surface area contributed by atoms with E-state index in [1.165, 1.54) is 22.3 Å². The van der Waals surface area contributed by atoms with Gasteiger partial charge in [0.15, 0.2) is 0 Å². The third kappa shape index (κ3) is 3.34. The van der Waals surface area contributed by atoms with Gasteiger partial charge in [0.05, 0.1) is 30.9 Å².